The van der Waals surface area contributed by atoms with Crippen molar-refractivity contribution in [2.24, 2.45) is 11.8 Å². The van der Waals surface area contributed by atoms with Crippen molar-refractivity contribution in [3.8, 4) is 11.5 Å². The van der Waals surface area contributed by atoms with Crippen molar-refractivity contribution < 1.29 is 37.7 Å². The zero-order valence-electron chi connectivity index (χ0n) is 18.6. The van der Waals surface area contributed by atoms with Crippen LogP contribution in [0, 0.1) is 17.7 Å². The number of hydrogen-bond acceptors (Lipinski definition) is 8. The number of ether oxygens (including phenoxy) is 4. The molecule has 1 N–H and O–H groups in total. The van der Waals surface area contributed by atoms with E-state index in [1.54, 1.807) is 18.2 Å². The number of methoxy groups -OCH3 is 1. The standard InChI is InChI=1S/C26H20FNO7/c1-32-21-6-12(5-18(29)25(21)30)22-15-8-19-20(35-11-34-19)9-16(15)24(17-10-33-26(31)23(17)22)28-14-4-2-3-13(27)7-14/h2-9,17,22-24,28H,10-11H2,1H3/t17-,22+,23-,24+/m0/s1. The average molecular weight is 477 g/mol. The van der Waals surface area contributed by atoms with Gasteiger partial charge in [0.2, 0.25) is 12.6 Å². The molecule has 9 heteroatoms. The number of allylic oxidation sites excluding steroid dienone is 4. The first-order valence-electron chi connectivity index (χ1n) is 11.1. The molecule has 178 valence electrons. The molecule has 0 saturated carbocycles. The Morgan fingerprint density at radius 2 is 1.77 bits per heavy atom. The summed E-state index contributed by atoms with van der Waals surface area (Å²) in [7, 11) is 1.32. The third-order valence-electron chi connectivity index (χ3n) is 6.96. The van der Waals surface area contributed by atoms with Crippen LogP contribution in [0.2, 0.25) is 0 Å². The summed E-state index contributed by atoms with van der Waals surface area (Å²) in [6.07, 6.45) is 2.76. The molecule has 2 aliphatic heterocycles. The fourth-order valence-corrected chi connectivity index (χ4v) is 5.43. The lowest BCUT2D eigenvalue weighted by molar-refractivity contribution is -0.141. The van der Waals surface area contributed by atoms with Crippen molar-refractivity contribution in [2.75, 3.05) is 25.8 Å². The number of hydrogen-bond donors (Lipinski definition) is 1. The molecule has 0 amide bonds. The van der Waals surface area contributed by atoms with Gasteiger partial charge in [-0.2, -0.15) is 0 Å². The van der Waals surface area contributed by atoms with Crippen LogP contribution in [0.15, 0.2) is 59.9 Å². The molecule has 0 spiro atoms. The van der Waals surface area contributed by atoms with E-state index in [-0.39, 0.29) is 25.1 Å². The molecule has 2 aromatic carbocycles. The van der Waals surface area contributed by atoms with Crippen LogP contribution in [0.1, 0.15) is 23.1 Å². The molecular formula is C26H20FNO7. The molecule has 2 aliphatic carbocycles. The van der Waals surface area contributed by atoms with Crippen LogP contribution < -0.4 is 14.8 Å². The van der Waals surface area contributed by atoms with E-state index in [1.165, 1.54) is 31.4 Å². The van der Waals surface area contributed by atoms with E-state index in [9.17, 15) is 18.8 Å². The summed E-state index contributed by atoms with van der Waals surface area (Å²) < 4.78 is 35.8. The average Bonchev–Trinajstić information content (AvgIpc) is 3.46. The Labute approximate surface area is 199 Å². The van der Waals surface area contributed by atoms with Crippen molar-refractivity contribution in [3.05, 3.63) is 76.8 Å². The summed E-state index contributed by atoms with van der Waals surface area (Å²) >= 11 is 0. The number of fused-ring (bicyclic) bond motifs is 3. The van der Waals surface area contributed by atoms with Crippen LogP contribution in [0.3, 0.4) is 0 Å². The van der Waals surface area contributed by atoms with Gasteiger partial charge in [0.05, 0.1) is 25.7 Å². The molecule has 2 aromatic rings. The third kappa shape index (κ3) is 3.38. The number of benzene rings is 2. The van der Waals surface area contributed by atoms with Gasteiger partial charge in [-0.1, -0.05) is 6.07 Å². The van der Waals surface area contributed by atoms with Gasteiger partial charge < -0.3 is 24.3 Å². The topological polar surface area (TPSA) is 100 Å². The lowest BCUT2D eigenvalue weighted by atomic mass is 9.64. The number of ketones is 2. The van der Waals surface area contributed by atoms with E-state index >= 15 is 0 Å². The van der Waals surface area contributed by atoms with Gasteiger partial charge >= 0.3 is 5.97 Å². The highest BCUT2D eigenvalue weighted by molar-refractivity contribution is 6.47. The van der Waals surface area contributed by atoms with Crippen molar-refractivity contribution in [1.82, 2.24) is 0 Å². The van der Waals surface area contributed by atoms with E-state index in [0.29, 0.717) is 22.8 Å². The van der Waals surface area contributed by atoms with Gasteiger partial charge in [-0.05, 0) is 59.2 Å². The fourth-order valence-electron chi connectivity index (χ4n) is 5.43. The molecule has 0 unspecified atom stereocenters. The number of rotatable bonds is 4. The predicted octanol–water partition coefficient (Wildman–Crippen LogP) is 3.20. The minimum absolute atomic E-state index is 0.0587. The number of halogens is 1. The summed E-state index contributed by atoms with van der Waals surface area (Å²) in [5, 5.41) is 3.37. The monoisotopic (exact) mass is 477 g/mol. The van der Waals surface area contributed by atoms with E-state index < -0.39 is 41.2 Å². The normalized spacial score (nSPS) is 26.4. The number of carbonyl (C=O) groups is 3. The number of cyclic esters (lactones) is 1. The second-order valence-electron chi connectivity index (χ2n) is 8.81. The first-order chi connectivity index (χ1) is 16.9. The van der Waals surface area contributed by atoms with E-state index in [0.717, 1.165) is 11.1 Å². The molecule has 0 bridgehead atoms. The summed E-state index contributed by atoms with van der Waals surface area (Å²) in [6.45, 7) is 0.199. The zero-order chi connectivity index (χ0) is 24.3. The van der Waals surface area contributed by atoms with Gasteiger partial charge in [-0.3, -0.25) is 14.4 Å². The van der Waals surface area contributed by atoms with Crippen molar-refractivity contribution in [2.45, 2.75) is 12.0 Å². The van der Waals surface area contributed by atoms with E-state index in [2.05, 4.69) is 5.32 Å². The van der Waals surface area contributed by atoms with Crippen molar-refractivity contribution >= 4 is 23.2 Å². The fraction of sp³-hybridized carbons (Fsp3) is 0.269. The maximum atomic E-state index is 13.9. The Hall–Kier alpha value is -4.14. The molecule has 8 nitrogen and oxygen atoms in total. The number of anilines is 1. The number of carbonyl (C=O) groups excluding carboxylic acids is 3. The molecule has 1 saturated heterocycles. The second kappa shape index (κ2) is 7.97. The largest absolute Gasteiger partial charge is 0.492 e. The Bertz CT molecular complexity index is 1350. The quantitative estimate of drug-likeness (QED) is 0.407. The van der Waals surface area contributed by atoms with E-state index in [4.69, 9.17) is 18.9 Å². The summed E-state index contributed by atoms with van der Waals surface area (Å²) in [5.74, 6) is -2.87. The Morgan fingerprint density at radius 1 is 1.00 bits per heavy atom. The van der Waals surface area contributed by atoms with Crippen molar-refractivity contribution in [3.63, 3.8) is 0 Å². The minimum Gasteiger partial charge on any atom is -0.492 e. The van der Waals surface area contributed by atoms with Crippen LogP contribution in [0.25, 0.3) is 0 Å². The van der Waals surface area contributed by atoms with Crippen LogP contribution in [0.4, 0.5) is 10.1 Å². The summed E-state index contributed by atoms with van der Waals surface area (Å²) in [4.78, 5) is 37.7. The highest BCUT2D eigenvalue weighted by Gasteiger charge is 2.53. The SMILES string of the molecule is COC1=CC([C@@H]2c3cc4c(cc3[C@@H](Nc3cccc(F)c3)[C@H]3COC(=O)[C@@H]32)OCO4)=CC(=O)C1=O. The molecule has 4 aliphatic rings. The van der Waals surface area contributed by atoms with Crippen LogP contribution in [-0.4, -0.2) is 38.0 Å². The zero-order valence-corrected chi connectivity index (χ0v) is 18.6. The van der Waals surface area contributed by atoms with Gasteiger partial charge in [0.1, 0.15) is 5.82 Å². The Kier molecular flexibility index (Phi) is 4.87. The number of esters is 1. The Balaban J connectivity index is 1.53. The maximum absolute atomic E-state index is 13.9. The summed E-state index contributed by atoms with van der Waals surface area (Å²) in [6, 6.07) is 9.31. The first kappa shape index (κ1) is 21.4. The van der Waals surface area contributed by atoms with Crippen LogP contribution in [0.5, 0.6) is 11.5 Å². The first-order valence-corrected chi connectivity index (χ1v) is 11.1. The van der Waals surface area contributed by atoms with Gasteiger partial charge in [0.15, 0.2) is 17.3 Å². The van der Waals surface area contributed by atoms with Crippen molar-refractivity contribution in [1.29, 1.82) is 0 Å². The highest BCUT2D eigenvalue weighted by Crippen LogP contribution is 2.55. The molecule has 6 rings (SSSR count). The molecule has 0 radical (unpaired) electrons. The number of Topliss-reactive ketones (excluding diaryl/α,β-unsaturated/α-hetero) is 1. The number of nitrogens with one attached hydrogen (secondary N) is 1. The molecular weight excluding hydrogens is 457 g/mol. The van der Waals surface area contributed by atoms with Crippen LogP contribution in [-0.2, 0) is 23.9 Å². The minimum atomic E-state index is -0.742. The highest BCUT2D eigenvalue weighted by atomic mass is 19.1. The van der Waals surface area contributed by atoms with Gasteiger partial charge in [-0.15, -0.1) is 0 Å². The maximum Gasteiger partial charge on any atom is 0.310 e. The smallest absolute Gasteiger partial charge is 0.310 e. The molecule has 2 heterocycles. The molecule has 1 fully saturated rings. The second-order valence-corrected chi connectivity index (χ2v) is 8.81. The van der Waals surface area contributed by atoms with E-state index in [1.807, 2.05) is 6.07 Å². The lowest BCUT2D eigenvalue weighted by Gasteiger charge is -2.40. The lowest BCUT2D eigenvalue weighted by Crippen LogP contribution is -2.38. The third-order valence-corrected chi connectivity index (χ3v) is 6.96. The van der Waals surface area contributed by atoms with Gasteiger partial charge in [0.25, 0.3) is 5.78 Å². The molecule has 35 heavy (non-hydrogen) atoms. The van der Waals surface area contributed by atoms with Crippen LogP contribution >= 0.6 is 0 Å². The molecule has 4 atom stereocenters. The predicted molar refractivity (Wildman–Crippen MR) is 119 cm³/mol. The summed E-state index contributed by atoms with van der Waals surface area (Å²) in [5.41, 5.74) is 2.56. The van der Waals surface area contributed by atoms with Gasteiger partial charge in [-0.25, -0.2) is 4.39 Å². The van der Waals surface area contributed by atoms with Gasteiger partial charge in [0, 0.05) is 17.5 Å². The molecule has 0 aromatic heterocycles. The Morgan fingerprint density at radius 3 is 2.51 bits per heavy atom.